The molecule has 5 nitrogen and oxygen atoms in total. The van der Waals surface area contributed by atoms with Crippen molar-refractivity contribution in [1.82, 2.24) is 4.98 Å². The van der Waals surface area contributed by atoms with E-state index >= 15 is 0 Å². The van der Waals surface area contributed by atoms with Crippen molar-refractivity contribution in [2.75, 3.05) is 18.7 Å². The van der Waals surface area contributed by atoms with Crippen molar-refractivity contribution in [3.8, 4) is 11.5 Å². The zero-order chi connectivity index (χ0) is 22.3. The van der Waals surface area contributed by atoms with Crippen LogP contribution in [0.15, 0.2) is 54.7 Å². The van der Waals surface area contributed by atoms with Gasteiger partial charge in [0.05, 0.1) is 12.1 Å². The summed E-state index contributed by atoms with van der Waals surface area (Å²) < 4.78 is 53.1. The third-order valence-corrected chi connectivity index (χ3v) is 5.60. The molecule has 2 aromatic carbocycles. The van der Waals surface area contributed by atoms with E-state index in [1.807, 2.05) is 0 Å². The van der Waals surface area contributed by atoms with E-state index in [0.717, 1.165) is 0 Å². The number of hydrogen-bond donors (Lipinski definition) is 2. The molecule has 31 heavy (non-hydrogen) atoms. The smallest absolute Gasteiger partial charge is 0.418 e. The maximum absolute atomic E-state index is 14.1. The molecule has 0 fully saturated rings. The lowest BCUT2D eigenvalue weighted by atomic mass is 9.74. The number of nitrogens with one attached hydrogen (secondary N) is 1. The van der Waals surface area contributed by atoms with Gasteiger partial charge in [-0.05, 0) is 42.2 Å². The fraction of sp³-hybridized carbons (Fsp3) is 0.348. The molecule has 0 spiro atoms. The molecule has 0 saturated heterocycles. The number of halogens is 3. The summed E-state index contributed by atoms with van der Waals surface area (Å²) in [7, 11) is 0. The molecule has 0 saturated carbocycles. The van der Waals surface area contributed by atoms with Crippen molar-refractivity contribution in [2.45, 2.75) is 37.5 Å². The van der Waals surface area contributed by atoms with Gasteiger partial charge in [0, 0.05) is 22.8 Å². The van der Waals surface area contributed by atoms with Crippen LogP contribution in [-0.2, 0) is 5.41 Å². The maximum atomic E-state index is 14.1. The Kier molecular flexibility index (Phi) is 5.21. The number of hydrogen-bond acceptors (Lipinski definition) is 5. The minimum absolute atomic E-state index is 0.0165. The first kappa shape index (κ1) is 21.2. The number of para-hydroxylation sites is 1. The highest BCUT2D eigenvalue weighted by molar-refractivity contribution is 5.91. The van der Waals surface area contributed by atoms with Crippen LogP contribution in [0.5, 0.6) is 11.5 Å². The van der Waals surface area contributed by atoms with Gasteiger partial charge in [-0.15, -0.1) is 0 Å². The van der Waals surface area contributed by atoms with E-state index < -0.39 is 30.2 Å². The molecular formula is C23H23F3N2O3. The summed E-state index contributed by atoms with van der Waals surface area (Å²) in [4.78, 5) is 4.22. The van der Waals surface area contributed by atoms with Gasteiger partial charge in [0.1, 0.15) is 0 Å². The lowest BCUT2D eigenvalue weighted by Gasteiger charge is -2.38. The molecule has 0 bridgehead atoms. The number of aromatic nitrogens is 1. The molecule has 1 unspecified atom stereocenters. The molecule has 4 rings (SSSR count). The zero-order valence-corrected chi connectivity index (χ0v) is 17.2. The topological polar surface area (TPSA) is 63.6 Å². The number of fused-ring (bicyclic) bond motifs is 2. The summed E-state index contributed by atoms with van der Waals surface area (Å²) in [5, 5.41) is 14.3. The summed E-state index contributed by atoms with van der Waals surface area (Å²) in [5.41, 5.74) is -2.35. The lowest BCUT2D eigenvalue weighted by Crippen LogP contribution is -2.53. The molecular weight excluding hydrogens is 409 g/mol. The van der Waals surface area contributed by atoms with E-state index in [9.17, 15) is 18.3 Å². The maximum Gasteiger partial charge on any atom is 0.418 e. The van der Waals surface area contributed by atoms with Gasteiger partial charge in [0.15, 0.2) is 17.1 Å². The standard InChI is InChI=1S/C23H23F3N2O3/c1-21(2,16-7-3-10-19-20(16)31-14-30-19)12-22(29,23(24,25)26)13-28-18-9-4-8-17-15(18)6-5-11-27-17/h3-11,28-29H,12-14H2,1-2H3. The number of benzene rings is 2. The van der Waals surface area contributed by atoms with Crippen LogP contribution in [0.25, 0.3) is 10.9 Å². The van der Waals surface area contributed by atoms with E-state index in [0.29, 0.717) is 33.7 Å². The summed E-state index contributed by atoms with van der Waals surface area (Å²) in [6, 6.07) is 13.7. The second-order valence-electron chi connectivity index (χ2n) is 8.36. The monoisotopic (exact) mass is 432 g/mol. The average molecular weight is 432 g/mol. The Balaban J connectivity index is 1.63. The second kappa shape index (κ2) is 7.60. The van der Waals surface area contributed by atoms with Crippen LogP contribution in [-0.4, -0.2) is 35.2 Å². The molecule has 2 heterocycles. The summed E-state index contributed by atoms with van der Waals surface area (Å²) >= 11 is 0. The SMILES string of the molecule is CC(C)(CC(O)(CNc1cccc2ncccc12)C(F)(F)F)c1cccc2c1OCO2. The number of ether oxygens (including phenoxy) is 2. The highest BCUT2D eigenvalue weighted by Gasteiger charge is 2.56. The molecule has 1 aliphatic heterocycles. The molecule has 1 aliphatic rings. The van der Waals surface area contributed by atoms with Gasteiger partial charge in [0.25, 0.3) is 0 Å². The highest BCUT2D eigenvalue weighted by Crippen LogP contribution is 2.47. The van der Waals surface area contributed by atoms with Crippen LogP contribution in [0.4, 0.5) is 18.9 Å². The minimum Gasteiger partial charge on any atom is -0.454 e. The molecule has 1 aromatic heterocycles. The fourth-order valence-corrected chi connectivity index (χ4v) is 4.05. The van der Waals surface area contributed by atoms with Gasteiger partial charge in [0.2, 0.25) is 6.79 Å². The van der Waals surface area contributed by atoms with Crippen molar-refractivity contribution in [3.63, 3.8) is 0 Å². The number of rotatable bonds is 6. The summed E-state index contributed by atoms with van der Waals surface area (Å²) in [5.74, 6) is 0.910. The van der Waals surface area contributed by atoms with Crippen LogP contribution >= 0.6 is 0 Å². The molecule has 0 amide bonds. The Bertz CT molecular complexity index is 1100. The molecule has 3 aromatic rings. The van der Waals surface area contributed by atoms with Crippen LogP contribution in [0.3, 0.4) is 0 Å². The lowest BCUT2D eigenvalue weighted by molar-refractivity contribution is -0.260. The van der Waals surface area contributed by atoms with E-state index in [1.165, 1.54) is 0 Å². The van der Waals surface area contributed by atoms with Crippen LogP contribution in [0.2, 0.25) is 0 Å². The summed E-state index contributed by atoms with van der Waals surface area (Å²) in [6.45, 7) is 2.62. The average Bonchev–Trinajstić information content (AvgIpc) is 3.20. The van der Waals surface area contributed by atoms with Crippen molar-refractivity contribution in [1.29, 1.82) is 0 Å². The van der Waals surface area contributed by atoms with Crippen LogP contribution in [0, 0.1) is 0 Å². The summed E-state index contributed by atoms with van der Waals surface area (Å²) in [6.07, 6.45) is -3.81. The van der Waals surface area contributed by atoms with Gasteiger partial charge in [-0.3, -0.25) is 4.98 Å². The molecule has 2 N–H and O–H groups in total. The molecule has 0 radical (unpaired) electrons. The van der Waals surface area contributed by atoms with Crippen LogP contribution in [0.1, 0.15) is 25.8 Å². The molecule has 0 aliphatic carbocycles. The Morgan fingerprint density at radius 1 is 1.03 bits per heavy atom. The molecule has 164 valence electrons. The van der Waals surface area contributed by atoms with Crippen molar-refractivity contribution in [2.24, 2.45) is 0 Å². The number of alkyl halides is 3. The number of anilines is 1. The van der Waals surface area contributed by atoms with E-state index in [4.69, 9.17) is 9.47 Å². The van der Waals surface area contributed by atoms with Crippen LogP contribution < -0.4 is 14.8 Å². The second-order valence-corrected chi connectivity index (χ2v) is 8.36. The first-order valence-electron chi connectivity index (χ1n) is 9.87. The number of aliphatic hydroxyl groups is 1. The quantitative estimate of drug-likeness (QED) is 0.572. The minimum atomic E-state index is -4.85. The van der Waals surface area contributed by atoms with Gasteiger partial charge < -0.3 is 19.9 Å². The van der Waals surface area contributed by atoms with Crippen molar-refractivity contribution in [3.05, 3.63) is 60.3 Å². The Morgan fingerprint density at radius 3 is 2.58 bits per heavy atom. The van der Waals surface area contributed by atoms with Gasteiger partial charge in [-0.2, -0.15) is 13.2 Å². The Morgan fingerprint density at radius 2 is 1.81 bits per heavy atom. The predicted octanol–water partition coefficient (Wildman–Crippen LogP) is 5.04. The van der Waals surface area contributed by atoms with Gasteiger partial charge in [-0.1, -0.05) is 32.0 Å². The molecule has 8 heteroatoms. The van der Waals surface area contributed by atoms with E-state index in [1.54, 1.807) is 68.6 Å². The molecule has 1 atom stereocenters. The normalized spacial score (nSPS) is 15.7. The first-order chi connectivity index (χ1) is 14.6. The fourth-order valence-electron chi connectivity index (χ4n) is 4.05. The zero-order valence-electron chi connectivity index (χ0n) is 17.2. The van der Waals surface area contributed by atoms with Gasteiger partial charge >= 0.3 is 6.18 Å². The number of pyridine rings is 1. The Hall–Kier alpha value is -3.00. The third-order valence-electron chi connectivity index (χ3n) is 5.60. The Labute approximate surface area is 177 Å². The number of nitrogens with zero attached hydrogens (tertiary/aromatic N) is 1. The predicted molar refractivity (Wildman–Crippen MR) is 111 cm³/mol. The van der Waals surface area contributed by atoms with Gasteiger partial charge in [-0.25, -0.2) is 0 Å². The largest absolute Gasteiger partial charge is 0.454 e. The van der Waals surface area contributed by atoms with E-state index in [-0.39, 0.29) is 6.79 Å². The van der Waals surface area contributed by atoms with E-state index in [2.05, 4.69) is 10.3 Å². The highest BCUT2D eigenvalue weighted by atomic mass is 19.4. The van der Waals surface area contributed by atoms with Crippen molar-refractivity contribution >= 4 is 16.6 Å². The third kappa shape index (κ3) is 3.99. The van der Waals surface area contributed by atoms with Crippen molar-refractivity contribution < 1.29 is 27.8 Å². The first-order valence-corrected chi connectivity index (χ1v) is 9.87.